The normalized spacial score (nSPS) is 39.2. The molecule has 5 atom stereocenters. The SMILES string of the molecule is CC(CC=CC(C)(C)O)C1C=CC2C(O)CCCC12C. The van der Waals surface area contributed by atoms with Gasteiger partial charge >= 0.3 is 0 Å². The Labute approximate surface area is 123 Å². The Balaban J connectivity index is 2.02. The molecule has 0 spiro atoms. The summed E-state index contributed by atoms with van der Waals surface area (Å²) in [5.74, 6) is 1.42. The molecule has 2 N–H and O–H groups in total. The number of aliphatic hydroxyl groups is 2. The Kier molecular flexibility index (Phi) is 4.46. The van der Waals surface area contributed by atoms with Crippen molar-refractivity contribution < 1.29 is 10.2 Å². The van der Waals surface area contributed by atoms with Gasteiger partial charge in [0.25, 0.3) is 0 Å². The predicted octanol–water partition coefficient (Wildman–Crippen LogP) is 3.69. The van der Waals surface area contributed by atoms with Gasteiger partial charge in [-0.15, -0.1) is 0 Å². The van der Waals surface area contributed by atoms with Gasteiger partial charge in [0.15, 0.2) is 0 Å². The topological polar surface area (TPSA) is 40.5 Å². The van der Waals surface area contributed by atoms with E-state index in [0.717, 1.165) is 19.3 Å². The van der Waals surface area contributed by atoms with Gasteiger partial charge < -0.3 is 10.2 Å². The molecule has 0 saturated heterocycles. The lowest BCUT2D eigenvalue weighted by atomic mass is 9.61. The van der Waals surface area contributed by atoms with E-state index in [-0.39, 0.29) is 11.5 Å². The molecular formula is C18H30O2. The van der Waals surface area contributed by atoms with Crippen LogP contribution in [0.15, 0.2) is 24.3 Å². The van der Waals surface area contributed by atoms with Crippen molar-refractivity contribution in [3.8, 4) is 0 Å². The average Bonchev–Trinajstić information content (AvgIpc) is 2.66. The molecule has 1 saturated carbocycles. The summed E-state index contributed by atoms with van der Waals surface area (Å²) in [5, 5.41) is 20.0. The van der Waals surface area contributed by atoms with Crippen LogP contribution < -0.4 is 0 Å². The molecule has 0 radical (unpaired) electrons. The van der Waals surface area contributed by atoms with E-state index in [1.807, 2.05) is 6.08 Å². The summed E-state index contributed by atoms with van der Waals surface area (Å²) < 4.78 is 0. The van der Waals surface area contributed by atoms with Crippen molar-refractivity contribution in [2.45, 2.75) is 65.1 Å². The van der Waals surface area contributed by atoms with Crippen molar-refractivity contribution in [3.63, 3.8) is 0 Å². The molecule has 0 aromatic carbocycles. The zero-order valence-corrected chi connectivity index (χ0v) is 13.3. The zero-order valence-electron chi connectivity index (χ0n) is 13.3. The monoisotopic (exact) mass is 278 g/mol. The highest BCUT2D eigenvalue weighted by Gasteiger charge is 2.49. The maximum atomic E-state index is 10.2. The Morgan fingerprint density at radius 3 is 2.75 bits per heavy atom. The van der Waals surface area contributed by atoms with E-state index in [9.17, 15) is 10.2 Å². The van der Waals surface area contributed by atoms with Crippen molar-refractivity contribution >= 4 is 0 Å². The number of rotatable bonds is 4. The fraction of sp³-hybridized carbons (Fsp3) is 0.778. The lowest BCUT2D eigenvalue weighted by Gasteiger charge is -2.45. The molecule has 114 valence electrons. The number of aliphatic hydroxyl groups excluding tert-OH is 1. The second kappa shape index (κ2) is 5.65. The minimum absolute atomic E-state index is 0.158. The molecule has 2 aliphatic rings. The van der Waals surface area contributed by atoms with Gasteiger partial charge in [0.1, 0.15) is 0 Å². The van der Waals surface area contributed by atoms with Crippen LogP contribution in [0.1, 0.15) is 53.4 Å². The second-order valence-corrected chi connectivity index (χ2v) is 7.67. The first-order valence-corrected chi connectivity index (χ1v) is 8.00. The van der Waals surface area contributed by atoms with E-state index in [4.69, 9.17) is 0 Å². The Morgan fingerprint density at radius 2 is 2.10 bits per heavy atom. The first kappa shape index (κ1) is 15.8. The van der Waals surface area contributed by atoms with Gasteiger partial charge in [-0.25, -0.2) is 0 Å². The third-order valence-electron chi connectivity index (χ3n) is 5.33. The zero-order chi connectivity index (χ0) is 15.0. The Bertz CT molecular complexity index is 391. The fourth-order valence-corrected chi connectivity index (χ4v) is 4.23. The van der Waals surface area contributed by atoms with Crippen LogP contribution in [0, 0.1) is 23.2 Å². The Hall–Kier alpha value is -0.600. The lowest BCUT2D eigenvalue weighted by Crippen LogP contribution is -2.42. The number of hydrogen-bond acceptors (Lipinski definition) is 2. The summed E-state index contributed by atoms with van der Waals surface area (Å²) in [5.41, 5.74) is -0.502. The molecule has 2 rings (SSSR count). The number of hydrogen-bond donors (Lipinski definition) is 2. The summed E-state index contributed by atoms with van der Waals surface area (Å²) in [7, 11) is 0. The van der Waals surface area contributed by atoms with Crippen LogP contribution in [0.25, 0.3) is 0 Å². The molecule has 0 bridgehead atoms. The molecule has 2 aliphatic carbocycles. The smallest absolute Gasteiger partial charge is 0.0771 e. The van der Waals surface area contributed by atoms with Gasteiger partial charge in [0.05, 0.1) is 11.7 Å². The fourth-order valence-electron chi connectivity index (χ4n) is 4.23. The molecule has 0 aromatic rings. The van der Waals surface area contributed by atoms with Crippen LogP contribution >= 0.6 is 0 Å². The first-order valence-electron chi connectivity index (χ1n) is 8.00. The molecule has 0 aliphatic heterocycles. The van der Waals surface area contributed by atoms with E-state index in [2.05, 4.69) is 32.1 Å². The van der Waals surface area contributed by atoms with Gasteiger partial charge in [-0.05, 0) is 50.4 Å². The van der Waals surface area contributed by atoms with Crippen LogP contribution in [0.3, 0.4) is 0 Å². The Morgan fingerprint density at radius 1 is 1.40 bits per heavy atom. The quantitative estimate of drug-likeness (QED) is 0.770. The standard InChI is InChI=1S/C18H30O2/c1-13(7-5-11-17(2,3)20)14-9-10-15-16(19)8-6-12-18(14,15)4/h5,9-11,13-16,19-20H,6-8,12H2,1-4H3. The van der Waals surface area contributed by atoms with Crippen molar-refractivity contribution in [1.82, 2.24) is 0 Å². The highest BCUT2D eigenvalue weighted by molar-refractivity contribution is 5.17. The summed E-state index contributed by atoms with van der Waals surface area (Å²) >= 11 is 0. The summed E-state index contributed by atoms with van der Waals surface area (Å²) in [4.78, 5) is 0. The number of allylic oxidation sites excluding steroid dienone is 2. The second-order valence-electron chi connectivity index (χ2n) is 7.67. The molecule has 2 nitrogen and oxygen atoms in total. The maximum absolute atomic E-state index is 10.2. The molecule has 0 aromatic heterocycles. The largest absolute Gasteiger partial charge is 0.392 e. The van der Waals surface area contributed by atoms with E-state index in [0.29, 0.717) is 17.8 Å². The first-order chi connectivity index (χ1) is 9.24. The van der Waals surface area contributed by atoms with Crippen LogP contribution in [-0.4, -0.2) is 21.9 Å². The summed E-state index contributed by atoms with van der Waals surface area (Å²) in [6.07, 6.45) is 12.7. The molecular weight excluding hydrogens is 248 g/mol. The highest BCUT2D eigenvalue weighted by Crippen LogP contribution is 2.54. The van der Waals surface area contributed by atoms with E-state index < -0.39 is 5.60 Å². The van der Waals surface area contributed by atoms with Crippen LogP contribution in [0.2, 0.25) is 0 Å². The van der Waals surface area contributed by atoms with E-state index in [1.165, 1.54) is 6.42 Å². The molecule has 5 unspecified atom stereocenters. The van der Waals surface area contributed by atoms with Crippen molar-refractivity contribution in [1.29, 1.82) is 0 Å². The summed E-state index contributed by atoms with van der Waals surface area (Å²) in [6, 6.07) is 0. The third-order valence-corrected chi connectivity index (χ3v) is 5.33. The third kappa shape index (κ3) is 3.17. The molecule has 1 fully saturated rings. The molecule has 2 heteroatoms. The van der Waals surface area contributed by atoms with Gasteiger partial charge in [-0.1, -0.05) is 44.6 Å². The van der Waals surface area contributed by atoms with Crippen molar-refractivity contribution in [2.75, 3.05) is 0 Å². The van der Waals surface area contributed by atoms with Crippen molar-refractivity contribution in [3.05, 3.63) is 24.3 Å². The minimum atomic E-state index is -0.724. The van der Waals surface area contributed by atoms with Crippen LogP contribution in [0.5, 0.6) is 0 Å². The van der Waals surface area contributed by atoms with Gasteiger partial charge in [0, 0.05) is 5.92 Å². The maximum Gasteiger partial charge on any atom is 0.0771 e. The number of fused-ring (bicyclic) bond motifs is 1. The average molecular weight is 278 g/mol. The molecule has 20 heavy (non-hydrogen) atoms. The lowest BCUT2D eigenvalue weighted by molar-refractivity contribution is -0.0145. The van der Waals surface area contributed by atoms with Crippen molar-refractivity contribution in [2.24, 2.45) is 23.2 Å². The van der Waals surface area contributed by atoms with Crippen LogP contribution in [-0.2, 0) is 0 Å². The van der Waals surface area contributed by atoms with Gasteiger partial charge in [0.2, 0.25) is 0 Å². The summed E-state index contributed by atoms with van der Waals surface area (Å²) in [6.45, 7) is 8.25. The van der Waals surface area contributed by atoms with Crippen LogP contribution in [0.4, 0.5) is 0 Å². The van der Waals surface area contributed by atoms with E-state index >= 15 is 0 Å². The van der Waals surface area contributed by atoms with Gasteiger partial charge in [-0.3, -0.25) is 0 Å². The van der Waals surface area contributed by atoms with E-state index in [1.54, 1.807) is 13.8 Å². The predicted molar refractivity (Wildman–Crippen MR) is 83.3 cm³/mol. The van der Waals surface area contributed by atoms with Gasteiger partial charge in [-0.2, -0.15) is 0 Å². The highest BCUT2D eigenvalue weighted by atomic mass is 16.3. The molecule has 0 heterocycles. The minimum Gasteiger partial charge on any atom is -0.392 e. The molecule has 0 amide bonds.